The second kappa shape index (κ2) is 6.24. The van der Waals surface area contributed by atoms with Gasteiger partial charge in [0.1, 0.15) is 6.10 Å². The van der Waals surface area contributed by atoms with Crippen LogP contribution in [-0.4, -0.2) is 18.2 Å². The maximum Gasteiger partial charge on any atom is 0.106 e. The van der Waals surface area contributed by atoms with Crippen LogP contribution in [0.25, 0.3) is 0 Å². The van der Waals surface area contributed by atoms with Gasteiger partial charge < -0.3 is 0 Å². The Morgan fingerprint density at radius 3 is 2.56 bits per heavy atom. The number of hydroxylamine groups is 2. The highest BCUT2D eigenvalue weighted by Crippen LogP contribution is 2.32. The summed E-state index contributed by atoms with van der Waals surface area (Å²) in [7, 11) is 1.97. The first-order chi connectivity index (χ1) is 7.66. The van der Waals surface area contributed by atoms with Crippen LogP contribution in [0.5, 0.6) is 0 Å². The van der Waals surface area contributed by atoms with Crippen LogP contribution in [0.1, 0.15) is 38.9 Å². The lowest BCUT2D eigenvalue weighted by Crippen LogP contribution is -2.19. The quantitative estimate of drug-likeness (QED) is 0.735. The van der Waals surface area contributed by atoms with Gasteiger partial charge in [0.15, 0.2) is 0 Å². The Morgan fingerprint density at radius 1 is 1.38 bits per heavy atom. The summed E-state index contributed by atoms with van der Waals surface area (Å²) in [6, 6.07) is 8.34. The average molecular weight is 242 g/mol. The molecule has 0 aliphatic carbocycles. The number of halogens is 1. The van der Waals surface area contributed by atoms with Crippen LogP contribution in [0.4, 0.5) is 0 Å². The number of nitrogens with zero attached hydrogens (tertiary/aromatic N) is 1. The van der Waals surface area contributed by atoms with Crippen LogP contribution in [0.2, 0.25) is 5.02 Å². The lowest BCUT2D eigenvalue weighted by molar-refractivity contribution is -0.142. The average Bonchev–Trinajstić information content (AvgIpc) is 2.62. The predicted octanol–water partition coefficient (Wildman–Crippen LogP) is 4.06. The van der Waals surface area contributed by atoms with Crippen molar-refractivity contribution in [2.45, 2.75) is 39.3 Å². The zero-order valence-corrected chi connectivity index (χ0v) is 11.2. The van der Waals surface area contributed by atoms with E-state index in [0.717, 1.165) is 17.0 Å². The third-order valence-corrected chi connectivity index (χ3v) is 2.92. The second-order valence-corrected chi connectivity index (χ2v) is 4.22. The summed E-state index contributed by atoms with van der Waals surface area (Å²) in [5, 5.41) is 2.68. The molecule has 1 aliphatic rings. The molecule has 0 saturated carbocycles. The maximum absolute atomic E-state index is 5.93. The Morgan fingerprint density at radius 2 is 2.06 bits per heavy atom. The SMILES string of the molecule is CC.CC1C[C@H](c2cccc(Cl)c2)ON1C. The van der Waals surface area contributed by atoms with Crippen molar-refractivity contribution in [3.63, 3.8) is 0 Å². The highest BCUT2D eigenvalue weighted by molar-refractivity contribution is 6.30. The summed E-state index contributed by atoms with van der Waals surface area (Å²) < 4.78 is 0. The molecule has 0 N–H and O–H groups in total. The summed E-state index contributed by atoms with van der Waals surface area (Å²) in [5.41, 5.74) is 1.16. The molecule has 1 unspecified atom stereocenters. The van der Waals surface area contributed by atoms with Crippen molar-refractivity contribution in [3.05, 3.63) is 34.9 Å². The van der Waals surface area contributed by atoms with Crippen LogP contribution in [0.3, 0.4) is 0 Å². The molecule has 0 amide bonds. The van der Waals surface area contributed by atoms with Gasteiger partial charge in [-0.25, -0.2) is 0 Å². The van der Waals surface area contributed by atoms with Crippen LogP contribution >= 0.6 is 11.6 Å². The van der Waals surface area contributed by atoms with E-state index in [1.54, 1.807) is 0 Å². The molecule has 0 radical (unpaired) electrons. The number of benzene rings is 1. The molecule has 1 aliphatic heterocycles. The molecule has 2 atom stereocenters. The molecule has 0 bridgehead atoms. The smallest absolute Gasteiger partial charge is 0.106 e. The molecule has 16 heavy (non-hydrogen) atoms. The van der Waals surface area contributed by atoms with E-state index in [1.165, 1.54) is 0 Å². The van der Waals surface area contributed by atoms with E-state index in [1.807, 2.05) is 44.2 Å². The Kier molecular flexibility index (Phi) is 5.26. The highest BCUT2D eigenvalue weighted by atomic mass is 35.5. The van der Waals surface area contributed by atoms with Gasteiger partial charge in [0.25, 0.3) is 0 Å². The van der Waals surface area contributed by atoms with Gasteiger partial charge in [-0.15, -0.1) is 0 Å². The standard InChI is InChI=1S/C11H14ClNO.C2H6/c1-8-6-11(14-13(8)2)9-4-3-5-10(12)7-9;1-2/h3-5,7-8,11H,6H2,1-2H3;1-2H3/t8?,11-;/m1./s1. The molecule has 2 nitrogen and oxygen atoms in total. The van der Waals surface area contributed by atoms with E-state index in [0.29, 0.717) is 6.04 Å². The van der Waals surface area contributed by atoms with E-state index in [9.17, 15) is 0 Å². The molecule has 1 aromatic rings. The molecule has 3 heteroatoms. The van der Waals surface area contributed by atoms with Gasteiger partial charge in [-0.2, -0.15) is 5.06 Å². The summed E-state index contributed by atoms with van der Waals surface area (Å²) in [4.78, 5) is 5.69. The van der Waals surface area contributed by atoms with Gasteiger partial charge in [-0.1, -0.05) is 37.6 Å². The largest absolute Gasteiger partial charge is 0.291 e. The summed E-state index contributed by atoms with van der Waals surface area (Å²) in [6.07, 6.45) is 1.19. The van der Waals surface area contributed by atoms with E-state index in [4.69, 9.17) is 16.4 Å². The molecule has 0 spiro atoms. The van der Waals surface area contributed by atoms with Gasteiger partial charge in [0.2, 0.25) is 0 Å². The zero-order chi connectivity index (χ0) is 12.1. The molecule has 0 aromatic heterocycles. The third kappa shape index (κ3) is 3.21. The van der Waals surface area contributed by atoms with Crippen molar-refractivity contribution in [2.75, 3.05) is 7.05 Å². The fourth-order valence-corrected chi connectivity index (χ4v) is 1.91. The van der Waals surface area contributed by atoms with Crippen molar-refractivity contribution in [1.82, 2.24) is 5.06 Å². The first kappa shape index (κ1) is 13.5. The van der Waals surface area contributed by atoms with Crippen LogP contribution in [0.15, 0.2) is 24.3 Å². The number of hydrogen-bond acceptors (Lipinski definition) is 2. The van der Waals surface area contributed by atoms with E-state index < -0.39 is 0 Å². The minimum Gasteiger partial charge on any atom is -0.291 e. The number of hydrogen-bond donors (Lipinski definition) is 0. The predicted molar refractivity (Wildman–Crippen MR) is 68.5 cm³/mol. The maximum atomic E-state index is 5.93. The van der Waals surface area contributed by atoms with Crippen molar-refractivity contribution in [3.8, 4) is 0 Å². The minimum atomic E-state index is 0.161. The fourth-order valence-electron chi connectivity index (χ4n) is 1.71. The molecule has 1 aromatic carbocycles. The molecule has 1 saturated heterocycles. The van der Waals surface area contributed by atoms with Crippen LogP contribution < -0.4 is 0 Å². The molecular weight excluding hydrogens is 222 g/mol. The van der Waals surface area contributed by atoms with Crippen molar-refractivity contribution in [2.24, 2.45) is 0 Å². The van der Waals surface area contributed by atoms with Gasteiger partial charge >= 0.3 is 0 Å². The zero-order valence-electron chi connectivity index (χ0n) is 10.4. The Labute approximate surface area is 103 Å². The first-order valence-corrected chi connectivity index (χ1v) is 6.19. The lowest BCUT2D eigenvalue weighted by atomic mass is 10.0. The lowest BCUT2D eigenvalue weighted by Gasteiger charge is -2.13. The monoisotopic (exact) mass is 241 g/mol. The van der Waals surface area contributed by atoms with Crippen LogP contribution in [0, 0.1) is 0 Å². The van der Waals surface area contributed by atoms with E-state index >= 15 is 0 Å². The molecular formula is C13H20ClNO. The fraction of sp³-hybridized carbons (Fsp3) is 0.538. The third-order valence-electron chi connectivity index (χ3n) is 2.69. The molecule has 90 valence electrons. The van der Waals surface area contributed by atoms with Crippen LogP contribution in [-0.2, 0) is 4.84 Å². The normalized spacial score (nSPS) is 25.1. The van der Waals surface area contributed by atoms with Crippen molar-refractivity contribution >= 4 is 11.6 Å². The summed E-state index contributed by atoms with van der Waals surface area (Å²) in [5.74, 6) is 0. The Hall–Kier alpha value is -0.570. The summed E-state index contributed by atoms with van der Waals surface area (Å²) >= 11 is 5.93. The van der Waals surface area contributed by atoms with Gasteiger partial charge in [-0.05, 0) is 31.0 Å². The number of rotatable bonds is 1. The summed E-state index contributed by atoms with van der Waals surface area (Å²) in [6.45, 7) is 6.16. The molecule has 2 rings (SSSR count). The topological polar surface area (TPSA) is 12.5 Å². The Bertz CT molecular complexity index is 319. The van der Waals surface area contributed by atoms with Crippen molar-refractivity contribution < 1.29 is 4.84 Å². The van der Waals surface area contributed by atoms with E-state index in [-0.39, 0.29) is 6.10 Å². The van der Waals surface area contributed by atoms with Gasteiger partial charge in [-0.3, -0.25) is 4.84 Å². The molecule has 1 fully saturated rings. The van der Waals surface area contributed by atoms with E-state index in [2.05, 4.69) is 13.0 Å². The molecule has 1 heterocycles. The van der Waals surface area contributed by atoms with Crippen molar-refractivity contribution in [1.29, 1.82) is 0 Å². The highest BCUT2D eigenvalue weighted by Gasteiger charge is 2.28. The van der Waals surface area contributed by atoms with Gasteiger partial charge in [0, 0.05) is 18.1 Å². The van der Waals surface area contributed by atoms with Gasteiger partial charge in [0.05, 0.1) is 0 Å². The Balaban J connectivity index is 0.000000606. The second-order valence-electron chi connectivity index (χ2n) is 3.78. The minimum absolute atomic E-state index is 0.161. The first-order valence-electron chi connectivity index (χ1n) is 5.82.